The third kappa shape index (κ3) is 9.85. The fourth-order valence-corrected chi connectivity index (χ4v) is 6.67. The molecule has 0 unspecified atom stereocenters. The van der Waals surface area contributed by atoms with Crippen molar-refractivity contribution in [3.63, 3.8) is 0 Å². The van der Waals surface area contributed by atoms with Gasteiger partial charge in [0.1, 0.15) is 36.5 Å². The van der Waals surface area contributed by atoms with Gasteiger partial charge in [0, 0.05) is 55.8 Å². The Labute approximate surface area is 316 Å². The van der Waals surface area contributed by atoms with E-state index in [2.05, 4.69) is 47.3 Å². The summed E-state index contributed by atoms with van der Waals surface area (Å²) >= 11 is 6.92. The molecule has 3 aromatic carbocycles. The number of aromatic nitrogens is 1. The first-order valence-corrected chi connectivity index (χ1v) is 18.2. The number of pyridine rings is 1. The lowest BCUT2D eigenvalue weighted by Crippen LogP contribution is -2.54. The van der Waals surface area contributed by atoms with Crippen molar-refractivity contribution in [3.8, 4) is 34.4 Å². The van der Waals surface area contributed by atoms with Crippen LogP contribution in [0.1, 0.15) is 51.8 Å². The van der Waals surface area contributed by atoms with Crippen LogP contribution in [0.25, 0.3) is 11.1 Å². The van der Waals surface area contributed by atoms with Gasteiger partial charge in [-0.15, -0.1) is 0 Å². The number of hydrogen-bond donors (Lipinski definition) is 5. The van der Waals surface area contributed by atoms with Crippen molar-refractivity contribution in [2.24, 2.45) is 0 Å². The van der Waals surface area contributed by atoms with Crippen LogP contribution >= 0.6 is 11.6 Å². The first-order valence-electron chi connectivity index (χ1n) is 17.8. The van der Waals surface area contributed by atoms with Crippen LogP contribution in [0.3, 0.4) is 0 Å². The Balaban J connectivity index is 1.35. The monoisotopic (exact) mass is 744 g/mol. The zero-order valence-electron chi connectivity index (χ0n) is 30.6. The van der Waals surface area contributed by atoms with Gasteiger partial charge in [0.25, 0.3) is 0 Å². The van der Waals surface area contributed by atoms with Crippen molar-refractivity contribution in [1.29, 1.82) is 5.26 Å². The second kappa shape index (κ2) is 18.7. The molecule has 1 atom stereocenters. The summed E-state index contributed by atoms with van der Waals surface area (Å²) in [5.74, 6) is 1.69. The summed E-state index contributed by atoms with van der Waals surface area (Å²) in [4.78, 5) is 6.40. The van der Waals surface area contributed by atoms with E-state index in [-0.39, 0.29) is 25.9 Å². The molecule has 1 fully saturated rings. The molecule has 0 aliphatic carbocycles. The van der Waals surface area contributed by atoms with E-state index in [1.54, 1.807) is 18.3 Å². The van der Waals surface area contributed by atoms with E-state index in [0.717, 1.165) is 66.0 Å². The second-order valence-corrected chi connectivity index (χ2v) is 14.0. The molecule has 0 amide bonds. The van der Waals surface area contributed by atoms with Gasteiger partial charge in [-0.2, -0.15) is 5.26 Å². The fraction of sp³-hybridized carbons (Fsp3) is 0.415. The number of hydrogen-bond acceptors (Lipinski definition) is 11. The molecule has 4 aromatic rings. The molecule has 11 nitrogen and oxygen atoms in total. The van der Waals surface area contributed by atoms with Gasteiger partial charge in [0.15, 0.2) is 0 Å². The minimum absolute atomic E-state index is 0.104. The third-order valence-corrected chi connectivity index (χ3v) is 10.4. The Hall–Kier alpha value is -4.25. The first-order chi connectivity index (χ1) is 25.6. The number of halogens is 1. The maximum Gasteiger partial charge on any atom is 0.142 e. The van der Waals surface area contributed by atoms with E-state index in [4.69, 9.17) is 25.8 Å². The van der Waals surface area contributed by atoms with Crippen LogP contribution in [0, 0.1) is 32.1 Å². The highest BCUT2D eigenvalue weighted by Crippen LogP contribution is 2.39. The molecular formula is C41H49ClN4O7. The van der Waals surface area contributed by atoms with Crippen LogP contribution in [0.5, 0.6) is 17.2 Å². The Morgan fingerprint density at radius 1 is 0.906 bits per heavy atom. The highest BCUT2D eigenvalue weighted by atomic mass is 35.5. The number of nitrogens with one attached hydrogen (secondary N) is 1. The van der Waals surface area contributed by atoms with Gasteiger partial charge in [0.2, 0.25) is 0 Å². The average Bonchev–Trinajstić information content (AvgIpc) is 3.60. The lowest BCUT2D eigenvalue weighted by atomic mass is 9.93. The largest absolute Gasteiger partial charge is 0.493 e. The summed E-state index contributed by atoms with van der Waals surface area (Å²) in [6, 6.07) is 17.7. The third-order valence-electron chi connectivity index (χ3n) is 9.95. The molecule has 12 heteroatoms. The summed E-state index contributed by atoms with van der Waals surface area (Å²) in [6.45, 7) is 8.12. The molecular weight excluding hydrogens is 696 g/mol. The van der Waals surface area contributed by atoms with E-state index in [0.29, 0.717) is 45.4 Å². The van der Waals surface area contributed by atoms with Gasteiger partial charge in [0.05, 0.1) is 48.7 Å². The highest BCUT2D eigenvalue weighted by Gasteiger charge is 2.29. The van der Waals surface area contributed by atoms with Crippen molar-refractivity contribution in [2.75, 3.05) is 46.1 Å². The maximum absolute atomic E-state index is 9.89. The number of rotatable bonds is 18. The maximum atomic E-state index is 9.89. The Morgan fingerprint density at radius 2 is 1.62 bits per heavy atom. The number of aliphatic hydroxyl groups is 4. The minimum Gasteiger partial charge on any atom is -0.493 e. The summed E-state index contributed by atoms with van der Waals surface area (Å²) in [6.07, 6.45) is 4.59. The summed E-state index contributed by atoms with van der Waals surface area (Å²) in [5.41, 5.74) is 6.32. The molecule has 53 heavy (non-hydrogen) atoms. The summed E-state index contributed by atoms with van der Waals surface area (Å²) in [7, 11) is 0. The molecule has 5 N–H and O–H groups in total. The molecule has 0 spiro atoms. The van der Waals surface area contributed by atoms with Gasteiger partial charge < -0.3 is 44.9 Å². The van der Waals surface area contributed by atoms with Gasteiger partial charge >= 0.3 is 0 Å². The standard InChI is InChI=1S/C41H49ClN4O7/c1-27-32(7-4-8-34(27)35-9-5-10-37(28(35)2)51-14-6-12-46-13-11-33(50)21-46)23-53-39-16-38(52-22-31-15-30(17-43)18-44-19-31)36(29(3)40(39)42)20-45-41(24-47,25-48)26-49/h4-5,7-10,15-16,18-19,33,45,47-50H,6,11-14,20-26H2,1-3H3/t33-/m1/s1. The molecule has 1 aliphatic heterocycles. The zero-order chi connectivity index (χ0) is 38.0. The predicted octanol–water partition coefficient (Wildman–Crippen LogP) is 5.00. The number of aliphatic hydroxyl groups excluding tert-OH is 4. The molecule has 0 radical (unpaired) electrons. The lowest BCUT2D eigenvalue weighted by molar-refractivity contribution is 0.0411. The molecule has 2 heterocycles. The molecule has 1 aliphatic rings. The zero-order valence-corrected chi connectivity index (χ0v) is 31.3. The van der Waals surface area contributed by atoms with Crippen LogP contribution in [0.4, 0.5) is 0 Å². The van der Waals surface area contributed by atoms with E-state index in [1.807, 2.05) is 31.2 Å². The quantitative estimate of drug-likeness (QED) is 0.0873. The SMILES string of the molecule is Cc1c(COc2cc(OCc3cncc(C#N)c3)c(CNC(CO)(CO)CO)c(C)c2Cl)cccc1-c1cccc(OCCCN2CC[C@@H](O)C2)c1C. The van der Waals surface area contributed by atoms with Crippen LogP contribution in [-0.2, 0) is 19.8 Å². The van der Waals surface area contributed by atoms with Crippen molar-refractivity contribution in [3.05, 3.63) is 105 Å². The Bertz CT molecular complexity index is 1890. The summed E-state index contributed by atoms with van der Waals surface area (Å²) < 4.78 is 18.9. The minimum atomic E-state index is -1.32. The number of benzene rings is 3. The van der Waals surface area contributed by atoms with Gasteiger partial charge in [-0.25, -0.2) is 0 Å². The smallest absolute Gasteiger partial charge is 0.142 e. The van der Waals surface area contributed by atoms with Crippen molar-refractivity contribution in [1.82, 2.24) is 15.2 Å². The molecule has 0 saturated carbocycles. The average molecular weight is 745 g/mol. The van der Waals surface area contributed by atoms with Crippen molar-refractivity contribution >= 4 is 11.6 Å². The van der Waals surface area contributed by atoms with Crippen LogP contribution < -0.4 is 19.5 Å². The normalized spacial score (nSPS) is 14.7. The predicted molar refractivity (Wildman–Crippen MR) is 203 cm³/mol. The Morgan fingerprint density at radius 3 is 2.32 bits per heavy atom. The summed E-state index contributed by atoms with van der Waals surface area (Å²) in [5, 5.41) is 52.2. The van der Waals surface area contributed by atoms with Gasteiger partial charge in [-0.3, -0.25) is 4.98 Å². The van der Waals surface area contributed by atoms with E-state index < -0.39 is 25.4 Å². The molecule has 282 valence electrons. The number of nitrogens with zero attached hydrogens (tertiary/aromatic N) is 3. The number of β-amino-alcohol motifs (C(OH)–C–C–N with tert-alkyl or cyclic N) is 1. The number of likely N-dealkylation sites (tertiary alicyclic amines) is 1. The highest BCUT2D eigenvalue weighted by molar-refractivity contribution is 6.33. The van der Waals surface area contributed by atoms with Crippen molar-refractivity contribution in [2.45, 2.75) is 65.0 Å². The lowest BCUT2D eigenvalue weighted by Gasteiger charge is -2.30. The molecule has 0 bridgehead atoms. The molecule has 1 aromatic heterocycles. The van der Waals surface area contributed by atoms with Crippen molar-refractivity contribution < 1.29 is 34.6 Å². The van der Waals surface area contributed by atoms with E-state index in [1.165, 1.54) is 6.20 Å². The van der Waals surface area contributed by atoms with Gasteiger partial charge in [-0.05, 0) is 79.1 Å². The van der Waals surface area contributed by atoms with Crippen LogP contribution in [0.2, 0.25) is 5.02 Å². The molecule has 1 saturated heterocycles. The Kier molecular flexibility index (Phi) is 14.1. The first kappa shape index (κ1) is 39.9. The van der Waals surface area contributed by atoms with Gasteiger partial charge in [-0.1, -0.05) is 41.9 Å². The van der Waals surface area contributed by atoms with E-state index >= 15 is 0 Å². The van der Waals surface area contributed by atoms with Crippen LogP contribution in [-0.4, -0.2) is 88.0 Å². The van der Waals surface area contributed by atoms with Crippen LogP contribution in [0.15, 0.2) is 60.9 Å². The fourth-order valence-electron chi connectivity index (χ4n) is 6.44. The number of ether oxygens (including phenoxy) is 3. The van der Waals surface area contributed by atoms with E-state index in [9.17, 15) is 25.7 Å². The molecule has 5 rings (SSSR count). The topological polar surface area (TPSA) is 161 Å². The number of nitriles is 1. The second-order valence-electron chi connectivity index (χ2n) is 13.6.